The molecule has 31 heavy (non-hydrogen) atoms. The Labute approximate surface area is 178 Å². The zero-order valence-corrected chi connectivity index (χ0v) is 17.0. The van der Waals surface area contributed by atoms with Crippen LogP contribution in [0.25, 0.3) is 0 Å². The monoisotopic (exact) mass is 435 g/mol. The number of halogens is 3. The summed E-state index contributed by atoms with van der Waals surface area (Å²) in [7, 11) is 0. The average molecular weight is 435 g/mol. The van der Waals surface area contributed by atoms with Gasteiger partial charge in [-0.1, -0.05) is 6.07 Å². The summed E-state index contributed by atoms with van der Waals surface area (Å²) in [5.41, 5.74) is 0.685. The number of nitrogens with one attached hydrogen (secondary N) is 3. The van der Waals surface area contributed by atoms with E-state index in [2.05, 4.69) is 20.9 Å². The highest BCUT2D eigenvalue weighted by molar-refractivity contribution is 5.99. The van der Waals surface area contributed by atoms with Gasteiger partial charge in [0.05, 0.1) is 5.56 Å². The number of piperazine rings is 1. The van der Waals surface area contributed by atoms with Crippen molar-refractivity contribution in [1.82, 2.24) is 10.2 Å². The normalized spacial score (nSPS) is 14.2. The maximum atomic E-state index is 12.8. The van der Waals surface area contributed by atoms with Gasteiger partial charge >= 0.3 is 18.2 Å². The third-order valence-electron chi connectivity index (χ3n) is 4.83. The number of hydrogen-bond donors (Lipinski definition) is 3. The van der Waals surface area contributed by atoms with E-state index in [9.17, 15) is 22.8 Å². The standard InChI is InChI=1S/C21H24F3N5O2/c1-2-25-20(31)29-12-10-28(11-13-29)18-8-6-16(7-9-18)26-19(30)27-17-5-3-4-15(14-17)21(22,23)24/h3-9,14H,2,10-13H2,1H3,(H,25,31)(H2,26,27,30). The lowest BCUT2D eigenvalue weighted by molar-refractivity contribution is -0.137. The number of alkyl halides is 3. The number of carbonyl (C=O) groups excluding carboxylic acids is 2. The molecule has 1 aliphatic heterocycles. The number of benzene rings is 2. The third kappa shape index (κ3) is 6.03. The molecule has 10 heteroatoms. The van der Waals surface area contributed by atoms with Gasteiger partial charge in [-0.25, -0.2) is 9.59 Å². The molecule has 0 radical (unpaired) electrons. The minimum atomic E-state index is -4.48. The van der Waals surface area contributed by atoms with Gasteiger partial charge in [0, 0.05) is 49.8 Å². The van der Waals surface area contributed by atoms with Gasteiger partial charge in [-0.3, -0.25) is 0 Å². The smallest absolute Gasteiger partial charge is 0.368 e. The molecule has 166 valence electrons. The number of carbonyl (C=O) groups is 2. The molecule has 1 saturated heterocycles. The minimum Gasteiger partial charge on any atom is -0.368 e. The lowest BCUT2D eigenvalue weighted by atomic mass is 10.2. The van der Waals surface area contributed by atoms with E-state index in [0.29, 0.717) is 38.4 Å². The molecule has 1 fully saturated rings. The molecule has 0 unspecified atom stereocenters. The van der Waals surface area contributed by atoms with Crippen LogP contribution in [0.1, 0.15) is 12.5 Å². The fourth-order valence-corrected chi connectivity index (χ4v) is 3.25. The van der Waals surface area contributed by atoms with Gasteiger partial charge in [0.15, 0.2) is 0 Å². The quantitative estimate of drug-likeness (QED) is 0.674. The fraction of sp³-hybridized carbons (Fsp3) is 0.333. The predicted octanol–water partition coefficient (Wildman–Crippen LogP) is 4.20. The van der Waals surface area contributed by atoms with E-state index in [1.54, 1.807) is 17.0 Å². The molecule has 0 spiro atoms. The molecule has 3 rings (SSSR count). The van der Waals surface area contributed by atoms with E-state index in [0.717, 1.165) is 17.8 Å². The molecule has 7 nitrogen and oxygen atoms in total. The highest BCUT2D eigenvalue weighted by atomic mass is 19.4. The molecule has 2 aromatic rings. The van der Waals surface area contributed by atoms with Crippen LogP contribution in [0, 0.1) is 0 Å². The molecule has 0 atom stereocenters. The SMILES string of the molecule is CCNC(=O)N1CCN(c2ccc(NC(=O)Nc3cccc(C(F)(F)F)c3)cc2)CC1. The lowest BCUT2D eigenvalue weighted by Crippen LogP contribution is -2.51. The Bertz CT molecular complexity index is 910. The number of amides is 4. The first-order valence-corrected chi connectivity index (χ1v) is 9.89. The Morgan fingerprint density at radius 3 is 2.19 bits per heavy atom. The van der Waals surface area contributed by atoms with Gasteiger partial charge in [-0.2, -0.15) is 13.2 Å². The summed E-state index contributed by atoms with van der Waals surface area (Å²) >= 11 is 0. The molecule has 3 N–H and O–H groups in total. The molecule has 0 bridgehead atoms. The summed E-state index contributed by atoms with van der Waals surface area (Å²) in [4.78, 5) is 27.9. The third-order valence-corrected chi connectivity index (χ3v) is 4.83. The van der Waals surface area contributed by atoms with Crippen molar-refractivity contribution in [2.24, 2.45) is 0 Å². The summed E-state index contributed by atoms with van der Waals surface area (Å²) in [6.45, 7) is 5.09. The second-order valence-corrected chi connectivity index (χ2v) is 7.01. The second-order valence-electron chi connectivity index (χ2n) is 7.01. The van der Waals surface area contributed by atoms with Crippen molar-refractivity contribution in [3.8, 4) is 0 Å². The summed E-state index contributed by atoms with van der Waals surface area (Å²) < 4.78 is 38.4. The van der Waals surface area contributed by atoms with Crippen LogP contribution < -0.4 is 20.9 Å². The Kier molecular flexibility index (Phi) is 6.88. The number of rotatable bonds is 4. The van der Waals surface area contributed by atoms with Crippen LogP contribution in [0.4, 0.5) is 39.8 Å². The van der Waals surface area contributed by atoms with E-state index in [-0.39, 0.29) is 11.7 Å². The molecule has 4 amide bonds. The average Bonchev–Trinajstić information content (AvgIpc) is 2.74. The predicted molar refractivity (Wildman–Crippen MR) is 113 cm³/mol. The molecule has 1 aliphatic rings. The van der Waals surface area contributed by atoms with E-state index in [4.69, 9.17) is 0 Å². The van der Waals surface area contributed by atoms with Crippen LogP contribution in [-0.2, 0) is 6.18 Å². The van der Waals surface area contributed by atoms with Crippen molar-refractivity contribution in [1.29, 1.82) is 0 Å². The topological polar surface area (TPSA) is 76.7 Å². The lowest BCUT2D eigenvalue weighted by Gasteiger charge is -2.36. The van der Waals surface area contributed by atoms with Gasteiger partial charge in [-0.15, -0.1) is 0 Å². The molecular formula is C21H24F3N5O2. The van der Waals surface area contributed by atoms with Crippen LogP contribution in [0.3, 0.4) is 0 Å². The first-order chi connectivity index (χ1) is 14.8. The maximum Gasteiger partial charge on any atom is 0.416 e. The zero-order valence-electron chi connectivity index (χ0n) is 17.0. The number of hydrogen-bond acceptors (Lipinski definition) is 3. The summed E-state index contributed by atoms with van der Waals surface area (Å²) in [5.74, 6) is 0. The fourth-order valence-electron chi connectivity index (χ4n) is 3.25. The Hall–Kier alpha value is -3.43. The van der Waals surface area contributed by atoms with Gasteiger partial charge in [-0.05, 0) is 49.4 Å². The summed E-state index contributed by atoms with van der Waals surface area (Å²) in [6.07, 6.45) is -4.48. The summed E-state index contributed by atoms with van der Waals surface area (Å²) in [5, 5.41) is 7.80. The number of urea groups is 2. The second kappa shape index (κ2) is 9.59. The first kappa shape index (κ1) is 22.3. The largest absolute Gasteiger partial charge is 0.416 e. The van der Waals surface area contributed by atoms with Gasteiger partial charge < -0.3 is 25.8 Å². The van der Waals surface area contributed by atoms with Crippen molar-refractivity contribution < 1.29 is 22.8 Å². The zero-order chi connectivity index (χ0) is 22.4. The van der Waals surface area contributed by atoms with E-state index in [1.165, 1.54) is 12.1 Å². The van der Waals surface area contributed by atoms with Crippen molar-refractivity contribution in [3.05, 3.63) is 54.1 Å². The molecule has 1 heterocycles. The number of nitrogens with zero attached hydrogens (tertiary/aromatic N) is 2. The molecule has 0 saturated carbocycles. The first-order valence-electron chi connectivity index (χ1n) is 9.89. The molecular weight excluding hydrogens is 411 g/mol. The van der Waals surface area contributed by atoms with Crippen molar-refractivity contribution in [2.45, 2.75) is 13.1 Å². The van der Waals surface area contributed by atoms with Crippen LogP contribution in [0.15, 0.2) is 48.5 Å². The minimum absolute atomic E-state index is 0.0499. The van der Waals surface area contributed by atoms with Gasteiger partial charge in [0.2, 0.25) is 0 Å². The van der Waals surface area contributed by atoms with Gasteiger partial charge in [0.1, 0.15) is 0 Å². The molecule has 2 aromatic carbocycles. The van der Waals surface area contributed by atoms with Gasteiger partial charge in [0.25, 0.3) is 0 Å². The Balaban J connectivity index is 1.53. The highest BCUT2D eigenvalue weighted by Crippen LogP contribution is 2.30. The van der Waals surface area contributed by atoms with Crippen LogP contribution in [0.2, 0.25) is 0 Å². The highest BCUT2D eigenvalue weighted by Gasteiger charge is 2.30. The van der Waals surface area contributed by atoms with E-state index < -0.39 is 17.8 Å². The maximum absolute atomic E-state index is 12.8. The van der Waals surface area contributed by atoms with Crippen LogP contribution in [0.5, 0.6) is 0 Å². The van der Waals surface area contributed by atoms with Crippen molar-refractivity contribution in [2.75, 3.05) is 48.3 Å². The Morgan fingerprint density at radius 2 is 1.58 bits per heavy atom. The van der Waals surface area contributed by atoms with E-state index in [1.807, 2.05) is 19.1 Å². The van der Waals surface area contributed by atoms with Crippen LogP contribution in [-0.4, -0.2) is 49.7 Å². The van der Waals surface area contributed by atoms with Crippen molar-refractivity contribution >= 4 is 29.1 Å². The number of anilines is 3. The molecule has 0 aliphatic carbocycles. The Morgan fingerprint density at radius 1 is 0.935 bits per heavy atom. The summed E-state index contributed by atoms with van der Waals surface area (Å²) in [6, 6.07) is 10.9. The van der Waals surface area contributed by atoms with Crippen molar-refractivity contribution in [3.63, 3.8) is 0 Å². The molecule has 0 aromatic heterocycles. The van der Waals surface area contributed by atoms with Crippen LogP contribution >= 0.6 is 0 Å². The van der Waals surface area contributed by atoms with E-state index >= 15 is 0 Å².